The Labute approximate surface area is 220 Å². The highest BCUT2D eigenvalue weighted by Crippen LogP contribution is 2.50. The van der Waals surface area contributed by atoms with Crippen LogP contribution in [0.25, 0.3) is 4.85 Å². The molecule has 37 heavy (non-hydrogen) atoms. The Kier molecular flexibility index (Phi) is 15.5. The minimum absolute atomic E-state index is 0.0226. The lowest BCUT2D eigenvalue weighted by atomic mass is 10.1. The maximum Gasteiger partial charge on any atom is 0.475 e. The van der Waals surface area contributed by atoms with Crippen LogP contribution in [0, 0.1) is 6.57 Å². The van der Waals surface area contributed by atoms with Crippen LogP contribution in [0.4, 0.5) is 0 Å². The lowest BCUT2D eigenvalue weighted by molar-refractivity contribution is -0.870. The summed E-state index contributed by atoms with van der Waals surface area (Å²) in [5, 5.41) is 0. The Morgan fingerprint density at radius 1 is 0.946 bits per heavy atom. The average molecular weight is 552 g/mol. The Hall–Kier alpha value is -1.58. The molecule has 1 rings (SSSR count). The molecule has 13 heteroatoms. The van der Waals surface area contributed by atoms with Crippen molar-refractivity contribution in [3.05, 3.63) is 11.4 Å². The molecule has 12 nitrogen and oxygen atoms in total. The molecule has 1 aliphatic rings. The number of hydrogen-bond acceptors (Lipinski definition) is 10. The molecule has 0 bridgehead atoms. The van der Waals surface area contributed by atoms with Gasteiger partial charge in [0, 0.05) is 20.0 Å². The number of methoxy groups -OCH3 is 1. The maximum atomic E-state index is 13.3. The molecular weight excluding hydrogens is 507 g/mol. The van der Waals surface area contributed by atoms with Gasteiger partial charge in [0.1, 0.15) is 25.9 Å². The molecule has 3 unspecified atom stereocenters. The van der Waals surface area contributed by atoms with Crippen LogP contribution in [-0.2, 0) is 46.7 Å². The van der Waals surface area contributed by atoms with Crippen LogP contribution >= 0.6 is 7.82 Å². The standard InChI is InChI=1S/C24H44N2O10P/c1-8-10-12-20(27)35-22-19(34-24(30-7)23(22)36-21(28)13-11-9-2)18-33-37(29,31-16-14-25-3)32-17-15-26(4,5)6/h19,22-24H,8-18H2,1-2,4-7H3/q+1/t19?,22-,23-,24?,37?/m1/s1. The minimum Gasteiger partial charge on any atom is -0.455 e. The number of likely N-dealkylation sites (N-methyl/N-ethyl adjacent to an activating group) is 1. The van der Waals surface area contributed by atoms with Gasteiger partial charge in [-0.3, -0.25) is 23.2 Å². The number of phosphoric ester groups is 1. The number of ether oxygens (including phenoxy) is 4. The first-order valence-electron chi connectivity index (χ1n) is 12.7. The van der Waals surface area contributed by atoms with Crippen LogP contribution in [0.3, 0.4) is 0 Å². The van der Waals surface area contributed by atoms with Gasteiger partial charge in [-0.05, 0) is 12.8 Å². The van der Waals surface area contributed by atoms with Gasteiger partial charge in [-0.15, -0.1) is 0 Å². The smallest absolute Gasteiger partial charge is 0.455 e. The molecule has 1 fully saturated rings. The summed E-state index contributed by atoms with van der Waals surface area (Å²) in [5.41, 5.74) is 0. The average Bonchev–Trinajstić information content (AvgIpc) is 3.15. The van der Waals surface area contributed by atoms with Crippen LogP contribution in [0.1, 0.15) is 52.4 Å². The van der Waals surface area contributed by atoms with Crippen LogP contribution in [0.5, 0.6) is 0 Å². The van der Waals surface area contributed by atoms with Gasteiger partial charge in [-0.2, -0.15) is 0 Å². The fourth-order valence-corrected chi connectivity index (χ4v) is 4.41. The molecule has 5 atom stereocenters. The van der Waals surface area contributed by atoms with Gasteiger partial charge in [0.25, 0.3) is 0 Å². The van der Waals surface area contributed by atoms with Crippen LogP contribution in [0.15, 0.2) is 0 Å². The highest BCUT2D eigenvalue weighted by Gasteiger charge is 2.51. The van der Waals surface area contributed by atoms with Gasteiger partial charge in [-0.25, -0.2) is 11.1 Å². The van der Waals surface area contributed by atoms with E-state index in [0.29, 0.717) is 23.9 Å². The molecule has 214 valence electrons. The first kappa shape index (κ1) is 33.4. The zero-order valence-corrected chi connectivity index (χ0v) is 23.9. The summed E-state index contributed by atoms with van der Waals surface area (Å²) in [6.07, 6.45) is -0.810. The number of hydrogen-bond donors (Lipinski definition) is 0. The quantitative estimate of drug-likeness (QED) is 0.0777. The van der Waals surface area contributed by atoms with E-state index in [2.05, 4.69) is 4.85 Å². The van der Waals surface area contributed by atoms with Crippen molar-refractivity contribution in [3.8, 4) is 0 Å². The first-order valence-corrected chi connectivity index (χ1v) is 14.2. The molecular formula is C24H44N2O10P+. The van der Waals surface area contributed by atoms with Crippen molar-refractivity contribution in [2.24, 2.45) is 0 Å². The summed E-state index contributed by atoms with van der Waals surface area (Å²) in [7, 11) is 3.15. The molecule has 1 aliphatic heterocycles. The molecule has 0 spiro atoms. The van der Waals surface area contributed by atoms with Crippen LogP contribution in [-0.4, -0.2) is 102 Å². The lowest BCUT2D eigenvalue weighted by Gasteiger charge is -2.26. The van der Waals surface area contributed by atoms with E-state index in [9.17, 15) is 14.2 Å². The van der Waals surface area contributed by atoms with E-state index in [-0.39, 0.29) is 39.2 Å². The van der Waals surface area contributed by atoms with Gasteiger partial charge in [0.15, 0.2) is 18.5 Å². The number of unbranched alkanes of at least 4 members (excludes halogenated alkanes) is 2. The molecule has 0 radical (unpaired) electrons. The summed E-state index contributed by atoms with van der Waals surface area (Å²) in [4.78, 5) is 28.0. The Bertz CT molecular complexity index is 782. The molecule has 0 aromatic carbocycles. The summed E-state index contributed by atoms with van der Waals surface area (Å²) < 4.78 is 52.6. The monoisotopic (exact) mass is 551 g/mol. The van der Waals surface area contributed by atoms with Crippen LogP contribution in [0.2, 0.25) is 0 Å². The van der Waals surface area contributed by atoms with Crippen molar-refractivity contribution in [2.45, 2.75) is 77.0 Å². The summed E-state index contributed by atoms with van der Waals surface area (Å²) >= 11 is 0. The minimum atomic E-state index is -4.08. The summed E-state index contributed by atoms with van der Waals surface area (Å²) in [6, 6.07) is 0. The van der Waals surface area contributed by atoms with E-state index < -0.39 is 44.4 Å². The summed E-state index contributed by atoms with van der Waals surface area (Å²) in [6.45, 7) is 10.9. The fourth-order valence-electron chi connectivity index (χ4n) is 3.25. The lowest BCUT2D eigenvalue weighted by Crippen LogP contribution is -2.42. The molecule has 0 aromatic rings. The Morgan fingerprint density at radius 2 is 1.51 bits per heavy atom. The third-order valence-corrected chi connectivity index (χ3v) is 6.83. The zero-order valence-electron chi connectivity index (χ0n) is 23.0. The van der Waals surface area contributed by atoms with Crippen molar-refractivity contribution >= 4 is 19.8 Å². The number of phosphoric acid groups is 1. The predicted molar refractivity (Wildman–Crippen MR) is 134 cm³/mol. The first-order chi connectivity index (χ1) is 17.5. The van der Waals surface area contributed by atoms with Crippen LogP contribution < -0.4 is 0 Å². The molecule has 0 amide bonds. The molecule has 0 aromatic heterocycles. The fraction of sp³-hybridized carbons (Fsp3) is 0.875. The van der Waals surface area contributed by atoms with E-state index >= 15 is 0 Å². The number of nitrogens with zero attached hydrogens (tertiary/aromatic N) is 2. The molecule has 1 saturated heterocycles. The van der Waals surface area contributed by atoms with Crippen molar-refractivity contribution in [1.82, 2.24) is 0 Å². The molecule has 0 saturated carbocycles. The third kappa shape index (κ3) is 13.2. The maximum absolute atomic E-state index is 13.3. The van der Waals surface area contributed by atoms with E-state index in [4.69, 9.17) is 39.1 Å². The van der Waals surface area contributed by atoms with Gasteiger partial charge in [0.05, 0.1) is 27.7 Å². The molecule has 0 aliphatic carbocycles. The van der Waals surface area contributed by atoms with Crippen molar-refractivity contribution in [1.29, 1.82) is 0 Å². The predicted octanol–water partition coefficient (Wildman–Crippen LogP) is 3.35. The highest BCUT2D eigenvalue weighted by molar-refractivity contribution is 7.48. The van der Waals surface area contributed by atoms with E-state index in [1.807, 2.05) is 35.0 Å². The van der Waals surface area contributed by atoms with Gasteiger partial charge in [-0.1, -0.05) is 26.7 Å². The third-order valence-electron chi connectivity index (χ3n) is 5.36. The van der Waals surface area contributed by atoms with Gasteiger partial charge in [0.2, 0.25) is 6.54 Å². The van der Waals surface area contributed by atoms with E-state index in [1.54, 1.807) is 0 Å². The Morgan fingerprint density at radius 3 is 2.03 bits per heavy atom. The topological polar surface area (TPSA) is 120 Å². The normalized spacial score (nSPS) is 23.3. The number of carbonyl (C=O) groups excluding carboxylic acids is 2. The second-order valence-electron chi connectivity index (χ2n) is 9.70. The van der Waals surface area contributed by atoms with Crippen molar-refractivity contribution in [3.63, 3.8) is 0 Å². The van der Waals surface area contributed by atoms with Crippen molar-refractivity contribution in [2.75, 3.05) is 61.2 Å². The summed E-state index contributed by atoms with van der Waals surface area (Å²) in [5.74, 6) is -0.951. The molecule has 0 N–H and O–H groups in total. The number of quaternary nitrogens is 1. The largest absolute Gasteiger partial charge is 0.475 e. The van der Waals surface area contributed by atoms with Crippen molar-refractivity contribution < 1.29 is 51.2 Å². The van der Waals surface area contributed by atoms with E-state index in [0.717, 1.165) is 12.8 Å². The SMILES string of the molecule is [C-]#[N+]CCOP(=O)(OCC[N+](C)(C)C)OCC1OC(OC)[C@H](OC(=O)CCCC)[C@@H]1OC(=O)CCCC. The molecule has 1 heterocycles. The van der Waals surface area contributed by atoms with Gasteiger partial charge >= 0.3 is 19.8 Å². The van der Waals surface area contributed by atoms with E-state index in [1.165, 1.54) is 7.11 Å². The number of esters is 2. The Balaban J connectivity index is 3.03. The number of carbonyl (C=O) groups is 2. The second-order valence-corrected chi connectivity index (χ2v) is 11.4. The zero-order chi connectivity index (χ0) is 27.9. The van der Waals surface area contributed by atoms with Gasteiger partial charge < -0.3 is 28.3 Å². The number of rotatable bonds is 19. The highest BCUT2D eigenvalue weighted by atomic mass is 31.2. The second kappa shape index (κ2) is 17.1.